The number of rotatable bonds is 11. The molecule has 2 aliphatic rings. The molecule has 6 rings (SSSR count). The molecule has 234 valence electrons. The van der Waals surface area contributed by atoms with Crippen LogP contribution in [-0.2, 0) is 20.9 Å². The van der Waals surface area contributed by atoms with E-state index in [0.717, 1.165) is 12.8 Å². The van der Waals surface area contributed by atoms with E-state index >= 15 is 0 Å². The number of benzene rings is 3. The Kier molecular flexibility index (Phi) is 8.52. The number of aromatic hydroxyl groups is 1. The molecule has 1 saturated heterocycles. The van der Waals surface area contributed by atoms with Crippen molar-refractivity contribution in [1.29, 1.82) is 0 Å². The Labute approximate surface area is 258 Å². The lowest BCUT2D eigenvalue weighted by Crippen LogP contribution is -2.47. The first-order chi connectivity index (χ1) is 21.8. The Balaban J connectivity index is 1.50. The average Bonchev–Trinajstić information content (AvgIpc) is 3.81. The summed E-state index contributed by atoms with van der Waals surface area (Å²) in [6.45, 7) is 3.86. The van der Waals surface area contributed by atoms with E-state index in [1.165, 1.54) is 40.8 Å². The molecular weight excluding hydrogens is 582 g/mol. The largest absolute Gasteiger partial charge is 0.504 e. The van der Waals surface area contributed by atoms with Crippen LogP contribution in [0, 0.1) is 0 Å². The van der Waals surface area contributed by atoms with E-state index in [0.29, 0.717) is 34.7 Å². The second kappa shape index (κ2) is 12.8. The molecule has 0 bridgehead atoms. The zero-order valence-electron chi connectivity index (χ0n) is 24.9. The molecule has 13 nitrogen and oxygen atoms in total. The van der Waals surface area contributed by atoms with Crippen LogP contribution in [0.5, 0.6) is 23.0 Å². The van der Waals surface area contributed by atoms with Crippen LogP contribution in [0.3, 0.4) is 0 Å². The molecule has 0 radical (unpaired) electrons. The summed E-state index contributed by atoms with van der Waals surface area (Å²) in [5.41, 5.74) is 1.84. The van der Waals surface area contributed by atoms with Crippen LogP contribution in [0.4, 0.5) is 5.69 Å². The van der Waals surface area contributed by atoms with Crippen LogP contribution in [-0.4, -0.2) is 70.4 Å². The number of anilines is 1. The third-order valence-electron chi connectivity index (χ3n) is 7.74. The van der Waals surface area contributed by atoms with Crippen LogP contribution >= 0.6 is 0 Å². The number of ether oxygens (including phenoxy) is 4. The highest BCUT2D eigenvalue weighted by atomic mass is 16.7. The number of aromatic nitrogens is 3. The molecule has 3 aromatic carbocycles. The number of phenolic OH excluding ortho intramolecular Hbond substituents is 1. The topological polar surface area (TPSA) is 154 Å². The Bertz CT molecular complexity index is 1750. The minimum Gasteiger partial charge on any atom is -0.504 e. The van der Waals surface area contributed by atoms with E-state index in [2.05, 4.69) is 15.6 Å². The first kappa shape index (κ1) is 29.9. The van der Waals surface area contributed by atoms with Gasteiger partial charge < -0.3 is 29.4 Å². The average molecular weight is 616 g/mol. The molecule has 45 heavy (non-hydrogen) atoms. The molecule has 2 aliphatic heterocycles. The number of hydrogen-bond acceptors (Lipinski definition) is 10. The van der Waals surface area contributed by atoms with Gasteiger partial charge in [0.05, 0.1) is 23.9 Å². The summed E-state index contributed by atoms with van der Waals surface area (Å²) in [6.07, 6.45) is 1.50. The van der Waals surface area contributed by atoms with Crippen molar-refractivity contribution < 1.29 is 38.4 Å². The van der Waals surface area contributed by atoms with Crippen LogP contribution in [0.25, 0.3) is 11.0 Å². The fraction of sp³-hybridized carbons (Fsp3) is 0.344. The highest BCUT2D eigenvalue weighted by molar-refractivity contribution is 6.08. The monoisotopic (exact) mass is 615 g/mol. The Hall–Kier alpha value is -5.17. The van der Waals surface area contributed by atoms with Crippen molar-refractivity contribution in [3.05, 3.63) is 65.7 Å². The molecule has 4 aromatic rings. The van der Waals surface area contributed by atoms with Crippen LogP contribution in [0.1, 0.15) is 48.7 Å². The SMILES string of the molecule is CCOc1cc(C(C(=O)NCC2CCCO2)N(C(=O)Cn2nnc3ccccc32)c2cc3c(cc2C(C)=O)OCO3)ccc1O. The van der Waals surface area contributed by atoms with E-state index in [1.807, 2.05) is 12.1 Å². The van der Waals surface area contributed by atoms with Gasteiger partial charge in [-0.1, -0.05) is 23.4 Å². The predicted octanol–water partition coefficient (Wildman–Crippen LogP) is 3.54. The van der Waals surface area contributed by atoms with Crippen LogP contribution in [0.15, 0.2) is 54.6 Å². The summed E-state index contributed by atoms with van der Waals surface area (Å²) >= 11 is 0. The Morgan fingerprint density at radius 2 is 1.93 bits per heavy atom. The minimum atomic E-state index is -1.31. The van der Waals surface area contributed by atoms with Gasteiger partial charge >= 0.3 is 0 Å². The predicted molar refractivity (Wildman–Crippen MR) is 162 cm³/mol. The van der Waals surface area contributed by atoms with E-state index < -0.39 is 17.9 Å². The number of nitrogens with zero attached hydrogens (tertiary/aromatic N) is 4. The Morgan fingerprint density at radius 3 is 2.69 bits per heavy atom. The zero-order chi connectivity index (χ0) is 31.5. The van der Waals surface area contributed by atoms with Gasteiger partial charge in [-0.3, -0.25) is 19.3 Å². The van der Waals surface area contributed by atoms with Gasteiger partial charge in [0.25, 0.3) is 0 Å². The third kappa shape index (κ3) is 6.11. The van der Waals surface area contributed by atoms with Crippen molar-refractivity contribution in [3.63, 3.8) is 0 Å². The summed E-state index contributed by atoms with van der Waals surface area (Å²) in [5.74, 6) is -0.762. The molecule has 2 N–H and O–H groups in total. The van der Waals surface area contributed by atoms with Gasteiger partial charge in [-0.15, -0.1) is 5.10 Å². The smallest absolute Gasteiger partial charge is 0.249 e. The number of Topliss-reactive ketones (excluding diaryl/α,β-unsaturated/α-hetero) is 1. The molecular formula is C32H33N5O8. The highest BCUT2D eigenvalue weighted by Crippen LogP contribution is 2.42. The minimum absolute atomic E-state index is 0.0595. The lowest BCUT2D eigenvalue weighted by Gasteiger charge is -2.33. The number of ketones is 1. The summed E-state index contributed by atoms with van der Waals surface area (Å²) in [5, 5.41) is 21.8. The summed E-state index contributed by atoms with van der Waals surface area (Å²) in [6, 6.07) is 13.4. The van der Waals surface area contributed by atoms with Crippen molar-refractivity contribution >= 4 is 34.3 Å². The summed E-state index contributed by atoms with van der Waals surface area (Å²) in [4.78, 5) is 43.2. The number of para-hydroxylation sites is 1. The fourth-order valence-corrected chi connectivity index (χ4v) is 5.57. The lowest BCUT2D eigenvalue weighted by atomic mass is 9.99. The number of hydrogen-bond donors (Lipinski definition) is 2. The number of nitrogens with one attached hydrogen (secondary N) is 1. The number of amides is 2. The lowest BCUT2D eigenvalue weighted by molar-refractivity contribution is -0.127. The van der Waals surface area contributed by atoms with Gasteiger partial charge in [-0.05, 0) is 62.6 Å². The molecule has 2 atom stereocenters. The summed E-state index contributed by atoms with van der Waals surface area (Å²) in [7, 11) is 0. The Morgan fingerprint density at radius 1 is 1.13 bits per heavy atom. The van der Waals surface area contributed by atoms with E-state index in [9.17, 15) is 19.5 Å². The molecule has 2 amide bonds. The molecule has 0 saturated carbocycles. The molecule has 1 fully saturated rings. The van der Waals surface area contributed by atoms with Gasteiger partial charge in [0.15, 0.2) is 28.8 Å². The van der Waals surface area contributed by atoms with Crippen LogP contribution in [0.2, 0.25) is 0 Å². The van der Waals surface area contributed by atoms with Crippen LogP contribution < -0.4 is 24.4 Å². The third-order valence-corrected chi connectivity index (χ3v) is 7.74. The maximum absolute atomic E-state index is 14.6. The number of carbonyl (C=O) groups excluding carboxylic acids is 3. The number of phenols is 1. The fourth-order valence-electron chi connectivity index (χ4n) is 5.57. The summed E-state index contributed by atoms with van der Waals surface area (Å²) < 4.78 is 23.9. The normalized spacial score (nSPS) is 16.0. The van der Waals surface area contributed by atoms with Crippen molar-refractivity contribution in [1.82, 2.24) is 20.3 Å². The quantitative estimate of drug-likeness (QED) is 0.240. The standard InChI is InChI=1S/C32H33N5O8/c1-3-42-27-13-20(10-11-26(27)39)31(32(41)33-16-21-7-6-12-43-21)37(25-15-29-28(44-18-45-29)14-22(25)19(2)38)30(40)17-36-24-9-5-4-8-23(24)34-35-36/h4-5,8-11,13-15,21,31,39H,3,6-7,12,16-18H2,1-2H3,(H,33,41). The van der Waals surface area contributed by atoms with E-state index in [-0.39, 0.29) is 61.1 Å². The highest BCUT2D eigenvalue weighted by Gasteiger charge is 2.37. The molecule has 0 aliphatic carbocycles. The number of fused-ring (bicyclic) bond motifs is 2. The molecule has 1 aromatic heterocycles. The van der Waals surface area contributed by atoms with Crippen molar-refractivity contribution in [2.75, 3.05) is 31.5 Å². The van der Waals surface area contributed by atoms with E-state index in [4.69, 9.17) is 18.9 Å². The molecule has 0 spiro atoms. The second-order valence-corrected chi connectivity index (χ2v) is 10.7. The maximum Gasteiger partial charge on any atom is 0.249 e. The number of carbonyl (C=O) groups is 3. The van der Waals surface area contributed by atoms with E-state index in [1.54, 1.807) is 25.1 Å². The first-order valence-corrected chi connectivity index (χ1v) is 14.7. The van der Waals surface area contributed by atoms with Gasteiger partial charge in [0, 0.05) is 24.8 Å². The molecule has 2 unspecified atom stereocenters. The molecule has 13 heteroatoms. The zero-order valence-corrected chi connectivity index (χ0v) is 24.9. The van der Waals surface area contributed by atoms with Gasteiger partial charge in [-0.2, -0.15) is 0 Å². The first-order valence-electron chi connectivity index (χ1n) is 14.7. The van der Waals surface area contributed by atoms with Crippen molar-refractivity contribution in [3.8, 4) is 23.0 Å². The van der Waals surface area contributed by atoms with Crippen molar-refractivity contribution in [2.45, 2.75) is 45.4 Å². The second-order valence-electron chi connectivity index (χ2n) is 10.7. The van der Waals surface area contributed by atoms with Gasteiger partial charge in [-0.25, -0.2) is 4.68 Å². The van der Waals surface area contributed by atoms with Gasteiger partial charge in [0.2, 0.25) is 18.6 Å². The van der Waals surface area contributed by atoms with Crippen molar-refractivity contribution in [2.24, 2.45) is 0 Å². The van der Waals surface area contributed by atoms with Gasteiger partial charge in [0.1, 0.15) is 18.1 Å². The maximum atomic E-state index is 14.6. The molecule has 3 heterocycles.